The summed E-state index contributed by atoms with van der Waals surface area (Å²) < 4.78 is 7.52. The molecule has 0 radical (unpaired) electrons. The average Bonchev–Trinajstić information content (AvgIpc) is 3.23. The number of amides is 1. The molecule has 4 aromatic rings. The lowest BCUT2D eigenvalue weighted by Crippen LogP contribution is -2.36. The fraction of sp³-hybridized carbons (Fsp3) is 0.379. The van der Waals surface area contributed by atoms with Crippen LogP contribution in [0.25, 0.3) is 16.7 Å². The van der Waals surface area contributed by atoms with E-state index < -0.39 is 0 Å². The van der Waals surface area contributed by atoms with E-state index in [4.69, 9.17) is 19.8 Å². The standard InChI is InChI=1S/C29H32N6O2/c36-26(20-22-8-3-1-4-9-22)33-14-7-15-34(17-16-33)28-25-21-30-35(24-10-5-2-6-11-24)29(25)32-27(31-28)23-12-18-37-19-13-23/h1-6,8-11,21,23H,7,12-20H2. The molecule has 190 valence electrons. The topological polar surface area (TPSA) is 76.4 Å². The van der Waals surface area contributed by atoms with Crippen LogP contribution in [0.5, 0.6) is 0 Å². The molecule has 0 saturated carbocycles. The molecule has 8 nitrogen and oxygen atoms in total. The number of para-hydroxylation sites is 1. The summed E-state index contributed by atoms with van der Waals surface area (Å²) in [5.74, 6) is 2.24. The van der Waals surface area contributed by atoms with Crippen molar-refractivity contribution >= 4 is 22.8 Å². The highest BCUT2D eigenvalue weighted by atomic mass is 16.5. The molecule has 2 aromatic carbocycles. The molecule has 0 aliphatic carbocycles. The van der Waals surface area contributed by atoms with Crippen molar-refractivity contribution in [1.82, 2.24) is 24.6 Å². The van der Waals surface area contributed by atoms with Crippen molar-refractivity contribution in [3.63, 3.8) is 0 Å². The first-order valence-corrected chi connectivity index (χ1v) is 13.2. The first-order valence-electron chi connectivity index (χ1n) is 13.2. The van der Waals surface area contributed by atoms with Gasteiger partial charge in [0.2, 0.25) is 5.91 Å². The number of aromatic nitrogens is 4. The van der Waals surface area contributed by atoms with E-state index in [-0.39, 0.29) is 11.8 Å². The first kappa shape index (κ1) is 23.6. The predicted molar refractivity (Wildman–Crippen MR) is 143 cm³/mol. The molecular weight excluding hydrogens is 464 g/mol. The second-order valence-electron chi connectivity index (χ2n) is 9.81. The largest absolute Gasteiger partial charge is 0.381 e. The van der Waals surface area contributed by atoms with Gasteiger partial charge in [-0.05, 0) is 37.0 Å². The highest BCUT2D eigenvalue weighted by molar-refractivity contribution is 5.88. The van der Waals surface area contributed by atoms with Gasteiger partial charge in [0.25, 0.3) is 0 Å². The van der Waals surface area contributed by atoms with Crippen molar-refractivity contribution in [2.24, 2.45) is 0 Å². The minimum absolute atomic E-state index is 0.181. The molecule has 0 spiro atoms. The van der Waals surface area contributed by atoms with E-state index in [1.54, 1.807) is 0 Å². The molecule has 1 amide bonds. The first-order chi connectivity index (χ1) is 18.3. The Morgan fingerprint density at radius 3 is 2.43 bits per heavy atom. The molecule has 0 atom stereocenters. The normalized spacial score (nSPS) is 17.2. The highest BCUT2D eigenvalue weighted by Crippen LogP contribution is 2.31. The van der Waals surface area contributed by atoms with E-state index in [9.17, 15) is 4.79 Å². The quantitative estimate of drug-likeness (QED) is 0.416. The van der Waals surface area contributed by atoms with Gasteiger partial charge >= 0.3 is 0 Å². The number of benzene rings is 2. The van der Waals surface area contributed by atoms with Crippen LogP contribution in [0.15, 0.2) is 66.9 Å². The zero-order valence-electron chi connectivity index (χ0n) is 21.0. The molecule has 2 saturated heterocycles. The Labute approximate surface area is 216 Å². The van der Waals surface area contributed by atoms with Gasteiger partial charge in [0.1, 0.15) is 11.6 Å². The number of hydrogen-bond acceptors (Lipinski definition) is 6. The number of carbonyl (C=O) groups is 1. The Hall–Kier alpha value is -3.78. The van der Waals surface area contributed by atoms with Gasteiger partial charge < -0.3 is 14.5 Å². The predicted octanol–water partition coefficient (Wildman–Crippen LogP) is 3.99. The Kier molecular flexibility index (Phi) is 6.82. The molecule has 2 fully saturated rings. The van der Waals surface area contributed by atoms with Crippen LogP contribution in [-0.2, 0) is 16.0 Å². The zero-order chi connectivity index (χ0) is 25.0. The van der Waals surface area contributed by atoms with E-state index in [1.807, 2.05) is 76.4 Å². The zero-order valence-corrected chi connectivity index (χ0v) is 21.0. The van der Waals surface area contributed by atoms with Crippen LogP contribution in [0.2, 0.25) is 0 Å². The molecule has 2 aromatic heterocycles. The summed E-state index contributed by atoms with van der Waals surface area (Å²) in [5, 5.41) is 5.67. The van der Waals surface area contributed by atoms with Crippen molar-refractivity contribution in [3.8, 4) is 5.69 Å². The number of rotatable bonds is 5. The van der Waals surface area contributed by atoms with Crippen LogP contribution >= 0.6 is 0 Å². The summed E-state index contributed by atoms with van der Waals surface area (Å²) in [6, 6.07) is 20.1. The van der Waals surface area contributed by atoms with Gasteiger partial charge in [0, 0.05) is 45.3 Å². The third-order valence-corrected chi connectivity index (χ3v) is 7.36. The van der Waals surface area contributed by atoms with Crippen LogP contribution < -0.4 is 4.90 Å². The lowest BCUT2D eigenvalue weighted by molar-refractivity contribution is -0.130. The van der Waals surface area contributed by atoms with E-state index in [0.717, 1.165) is 86.0 Å². The van der Waals surface area contributed by atoms with Crippen molar-refractivity contribution in [2.75, 3.05) is 44.3 Å². The van der Waals surface area contributed by atoms with E-state index in [0.29, 0.717) is 13.0 Å². The Bertz CT molecular complexity index is 1350. The van der Waals surface area contributed by atoms with Crippen LogP contribution in [-0.4, -0.2) is 69.9 Å². The number of nitrogens with zero attached hydrogens (tertiary/aromatic N) is 6. The molecule has 0 N–H and O–H groups in total. The Morgan fingerprint density at radius 2 is 1.65 bits per heavy atom. The molecule has 4 heterocycles. The number of hydrogen-bond donors (Lipinski definition) is 0. The van der Waals surface area contributed by atoms with Gasteiger partial charge in [-0.2, -0.15) is 5.10 Å². The molecule has 2 aliphatic rings. The summed E-state index contributed by atoms with van der Waals surface area (Å²) in [5.41, 5.74) is 2.87. The van der Waals surface area contributed by atoms with Gasteiger partial charge in [-0.15, -0.1) is 0 Å². The minimum atomic E-state index is 0.181. The lowest BCUT2D eigenvalue weighted by atomic mass is 9.99. The fourth-order valence-corrected chi connectivity index (χ4v) is 5.31. The van der Waals surface area contributed by atoms with Gasteiger partial charge in [-0.3, -0.25) is 4.79 Å². The number of ether oxygens (including phenoxy) is 1. The summed E-state index contributed by atoms with van der Waals surface area (Å²) in [6.07, 6.45) is 5.06. The molecule has 2 aliphatic heterocycles. The third kappa shape index (κ3) is 5.06. The number of carbonyl (C=O) groups excluding carboxylic acids is 1. The lowest BCUT2D eigenvalue weighted by Gasteiger charge is -2.26. The van der Waals surface area contributed by atoms with Gasteiger partial charge in [-0.25, -0.2) is 14.6 Å². The molecule has 0 unspecified atom stereocenters. The summed E-state index contributed by atoms with van der Waals surface area (Å²) in [6.45, 7) is 4.48. The van der Waals surface area contributed by atoms with Crippen LogP contribution in [0.1, 0.15) is 36.6 Å². The summed E-state index contributed by atoms with van der Waals surface area (Å²) in [7, 11) is 0. The summed E-state index contributed by atoms with van der Waals surface area (Å²) >= 11 is 0. The average molecular weight is 497 g/mol. The van der Waals surface area contributed by atoms with Crippen LogP contribution in [0.3, 0.4) is 0 Å². The second-order valence-corrected chi connectivity index (χ2v) is 9.81. The molecular formula is C29H32N6O2. The van der Waals surface area contributed by atoms with E-state index >= 15 is 0 Å². The van der Waals surface area contributed by atoms with Crippen molar-refractivity contribution in [3.05, 3.63) is 78.2 Å². The maximum Gasteiger partial charge on any atom is 0.227 e. The number of fused-ring (bicyclic) bond motifs is 1. The maximum atomic E-state index is 13.1. The Balaban J connectivity index is 1.30. The van der Waals surface area contributed by atoms with Crippen LogP contribution in [0.4, 0.5) is 5.82 Å². The van der Waals surface area contributed by atoms with E-state index in [1.165, 1.54) is 0 Å². The molecule has 0 bridgehead atoms. The van der Waals surface area contributed by atoms with Crippen molar-refractivity contribution in [2.45, 2.75) is 31.6 Å². The van der Waals surface area contributed by atoms with Crippen molar-refractivity contribution in [1.29, 1.82) is 0 Å². The SMILES string of the molecule is O=C(Cc1ccccc1)N1CCCN(c2nc(C3CCOCC3)nc3c2cnn3-c2ccccc2)CC1. The Morgan fingerprint density at radius 1 is 0.892 bits per heavy atom. The number of anilines is 1. The smallest absolute Gasteiger partial charge is 0.227 e. The monoisotopic (exact) mass is 496 g/mol. The van der Waals surface area contributed by atoms with Gasteiger partial charge in [0.05, 0.1) is 23.7 Å². The minimum Gasteiger partial charge on any atom is -0.381 e. The van der Waals surface area contributed by atoms with Gasteiger partial charge in [0.15, 0.2) is 5.65 Å². The van der Waals surface area contributed by atoms with Gasteiger partial charge in [-0.1, -0.05) is 48.5 Å². The third-order valence-electron chi connectivity index (χ3n) is 7.36. The van der Waals surface area contributed by atoms with Crippen LogP contribution in [0, 0.1) is 0 Å². The molecule has 8 heteroatoms. The highest BCUT2D eigenvalue weighted by Gasteiger charge is 2.26. The molecule has 37 heavy (non-hydrogen) atoms. The fourth-order valence-electron chi connectivity index (χ4n) is 5.31. The van der Waals surface area contributed by atoms with E-state index in [2.05, 4.69) is 4.90 Å². The maximum absolute atomic E-state index is 13.1. The summed E-state index contributed by atoms with van der Waals surface area (Å²) in [4.78, 5) is 27.6. The second kappa shape index (κ2) is 10.7. The molecule has 6 rings (SSSR count). The van der Waals surface area contributed by atoms with Crippen molar-refractivity contribution < 1.29 is 9.53 Å².